The summed E-state index contributed by atoms with van der Waals surface area (Å²) < 4.78 is 36.9. The molecule has 1 amide bonds. The van der Waals surface area contributed by atoms with E-state index >= 15 is 0 Å². The van der Waals surface area contributed by atoms with E-state index in [-0.39, 0.29) is 13.2 Å². The highest BCUT2D eigenvalue weighted by Crippen LogP contribution is 2.31. The van der Waals surface area contributed by atoms with Crippen molar-refractivity contribution in [3.63, 3.8) is 0 Å². The molecule has 264 valence electrons. The first-order valence-electron chi connectivity index (χ1n) is 17.7. The molecule has 1 aromatic heterocycles. The van der Waals surface area contributed by atoms with E-state index in [9.17, 15) is 18.8 Å². The monoisotopic (exact) mass is 671 g/mol. The van der Waals surface area contributed by atoms with Gasteiger partial charge in [0.2, 0.25) is 0 Å². The van der Waals surface area contributed by atoms with Crippen molar-refractivity contribution in [3.05, 3.63) is 22.5 Å². The van der Waals surface area contributed by atoms with E-state index in [1.54, 1.807) is 0 Å². The van der Waals surface area contributed by atoms with Gasteiger partial charge in [-0.2, -0.15) is 4.98 Å². The quantitative estimate of drug-likeness (QED) is 0.0759. The standard InChI is InChI=1S/C34H58FN3O7S/c1-3-5-7-9-11-13-15-17-19-21-23-42-33(40)37-31-28(35)25-38(32(39)36-31)29-27-46-30(45-29)26-44-34(41)43-24-22-20-18-16-14-12-10-8-6-4-2/h25,29-30H,3-24,26-27H2,1-2H3,(H,36,37,39,40)/t29-,30+/m1/s1. The van der Waals surface area contributed by atoms with E-state index in [4.69, 9.17) is 18.9 Å². The van der Waals surface area contributed by atoms with Crippen molar-refractivity contribution in [2.45, 2.75) is 154 Å². The molecule has 1 N–H and O–H groups in total. The van der Waals surface area contributed by atoms with Gasteiger partial charge in [-0.15, -0.1) is 11.8 Å². The minimum absolute atomic E-state index is 0.0623. The largest absolute Gasteiger partial charge is 0.508 e. The molecule has 46 heavy (non-hydrogen) atoms. The summed E-state index contributed by atoms with van der Waals surface area (Å²) in [5.41, 5.74) is -1.32. The smallest absolute Gasteiger partial charge is 0.449 e. The molecule has 0 bridgehead atoms. The van der Waals surface area contributed by atoms with Crippen molar-refractivity contribution in [1.29, 1.82) is 0 Å². The van der Waals surface area contributed by atoms with E-state index in [1.165, 1.54) is 102 Å². The van der Waals surface area contributed by atoms with Crippen LogP contribution in [0, 0.1) is 5.82 Å². The zero-order chi connectivity index (χ0) is 33.2. The molecule has 0 saturated carbocycles. The van der Waals surface area contributed by atoms with Crippen LogP contribution in [0.25, 0.3) is 0 Å². The predicted octanol–water partition coefficient (Wildman–Crippen LogP) is 9.51. The lowest BCUT2D eigenvalue weighted by atomic mass is 10.1. The maximum Gasteiger partial charge on any atom is 0.508 e. The predicted molar refractivity (Wildman–Crippen MR) is 181 cm³/mol. The number of aromatic nitrogens is 2. The summed E-state index contributed by atoms with van der Waals surface area (Å²) in [5, 5.41) is 2.21. The molecule has 1 aliphatic rings. The highest BCUT2D eigenvalue weighted by atomic mass is 32.2. The maximum atomic E-state index is 14.7. The number of unbranched alkanes of at least 4 members (excludes halogenated alkanes) is 18. The van der Waals surface area contributed by atoms with Crippen molar-refractivity contribution < 1.29 is 32.9 Å². The fourth-order valence-electron chi connectivity index (χ4n) is 5.23. The van der Waals surface area contributed by atoms with Crippen LogP contribution in [0.1, 0.15) is 148 Å². The van der Waals surface area contributed by atoms with Gasteiger partial charge in [0.15, 0.2) is 11.6 Å². The lowest BCUT2D eigenvalue weighted by Gasteiger charge is -2.15. The minimum atomic E-state index is -0.890. The van der Waals surface area contributed by atoms with Crippen molar-refractivity contribution in [1.82, 2.24) is 9.55 Å². The van der Waals surface area contributed by atoms with Crippen LogP contribution in [-0.2, 0) is 18.9 Å². The summed E-state index contributed by atoms with van der Waals surface area (Å²) in [7, 11) is 0. The molecule has 0 spiro atoms. The van der Waals surface area contributed by atoms with Gasteiger partial charge in [-0.3, -0.25) is 9.88 Å². The molecule has 1 aliphatic heterocycles. The van der Waals surface area contributed by atoms with Gasteiger partial charge in [0.05, 0.1) is 19.4 Å². The van der Waals surface area contributed by atoms with E-state index in [2.05, 4.69) is 24.1 Å². The van der Waals surface area contributed by atoms with Gasteiger partial charge in [-0.1, -0.05) is 129 Å². The van der Waals surface area contributed by atoms with E-state index < -0.39 is 41.2 Å². The molecule has 0 aliphatic carbocycles. The van der Waals surface area contributed by atoms with Crippen LogP contribution in [0.2, 0.25) is 0 Å². The number of carbonyl (C=O) groups is 2. The zero-order valence-corrected chi connectivity index (χ0v) is 29.1. The second-order valence-corrected chi connectivity index (χ2v) is 13.2. The Balaban J connectivity index is 1.57. The lowest BCUT2D eigenvalue weighted by molar-refractivity contribution is -0.0242. The average molecular weight is 672 g/mol. The van der Waals surface area contributed by atoms with Crippen molar-refractivity contribution in [2.75, 3.05) is 30.9 Å². The second-order valence-electron chi connectivity index (χ2n) is 12.0. The van der Waals surface area contributed by atoms with E-state index in [0.717, 1.165) is 49.3 Å². The number of carbonyl (C=O) groups excluding carboxylic acids is 2. The molecule has 0 unspecified atom stereocenters. The fourth-order valence-corrected chi connectivity index (χ4v) is 6.22. The number of ether oxygens (including phenoxy) is 4. The summed E-state index contributed by atoms with van der Waals surface area (Å²) >= 11 is 1.33. The molecule has 12 heteroatoms. The molecule has 2 atom stereocenters. The topological polar surface area (TPSA) is 118 Å². The summed E-state index contributed by atoms with van der Waals surface area (Å²) in [6.07, 6.45) is 22.1. The first-order chi connectivity index (χ1) is 22.4. The third-order valence-corrected chi connectivity index (χ3v) is 9.05. The van der Waals surface area contributed by atoms with Crippen LogP contribution in [0.3, 0.4) is 0 Å². The second kappa shape index (κ2) is 25.7. The maximum absolute atomic E-state index is 14.7. The number of rotatable bonds is 26. The van der Waals surface area contributed by atoms with Crippen molar-refractivity contribution in [3.8, 4) is 0 Å². The Labute approximate surface area is 279 Å². The summed E-state index contributed by atoms with van der Waals surface area (Å²) in [6, 6.07) is 0. The molecule has 10 nitrogen and oxygen atoms in total. The number of nitrogens with zero attached hydrogens (tertiary/aromatic N) is 2. The number of thioether (sulfide) groups is 1. The first-order valence-corrected chi connectivity index (χ1v) is 18.8. The Morgan fingerprint density at radius 2 is 1.33 bits per heavy atom. The Morgan fingerprint density at radius 3 is 1.87 bits per heavy atom. The molecular weight excluding hydrogens is 613 g/mol. The Kier molecular flexibility index (Phi) is 22.3. The van der Waals surface area contributed by atoms with Gasteiger partial charge in [0.1, 0.15) is 18.3 Å². The Bertz CT molecular complexity index is 1030. The van der Waals surface area contributed by atoms with Gasteiger partial charge in [0, 0.05) is 5.75 Å². The molecule has 1 saturated heterocycles. The molecule has 1 aromatic rings. The van der Waals surface area contributed by atoms with Crippen LogP contribution in [0.4, 0.5) is 19.8 Å². The number of anilines is 1. The number of nitrogens with one attached hydrogen (secondary N) is 1. The molecule has 2 heterocycles. The highest BCUT2D eigenvalue weighted by Gasteiger charge is 2.30. The molecule has 0 aromatic carbocycles. The third-order valence-electron chi connectivity index (χ3n) is 7.96. The zero-order valence-electron chi connectivity index (χ0n) is 28.2. The van der Waals surface area contributed by atoms with E-state index in [1.807, 2.05) is 0 Å². The summed E-state index contributed by atoms with van der Waals surface area (Å²) in [6.45, 7) is 4.90. The average Bonchev–Trinajstić information content (AvgIpc) is 3.52. The SMILES string of the molecule is CCCCCCCCCCCCOC(=O)Nc1nc(=O)n([C@H]2CS[C@@H](COC(=O)OCCCCCCCCCCCC)O2)cc1F. The molecule has 0 radical (unpaired) electrons. The normalized spacial score (nSPS) is 16.0. The van der Waals surface area contributed by atoms with E-state index in [0.29, 0.717) is 12.4 Å². The van der Waals surface area contributed by atoms with Gasteiger partial charge < -0.3 is 18.9 Å². The number of amides is 1. The molecular formula is C34H58FN3O7S. The third kappa shape index (κ3) is 18.1. The number of hydrogen-bond donors (Lipinski definition) is 1. The number of halogens is 1. The van der Waals surface area contributed by atoms with Crippen LogP contribution >= 0.6 is 11.8 Å². The van der Waals surface area contributed by atoms with Crippen LogP contribution < -0.4 is 11.0 Å². The van der Waals surface area contributed by atoms with Gasteiger partial charge in [-0.25, -0.2) is 18.8 Å². The molecule has 2 rings (SSSR count). The summed E-state index contributed by atoms with van der Waals surface area (Å²) in [5.74, 6) is -1.06. The minimum Gasteiger partial charge on any atom is -0.449 e. The van der Waals surface area contributed by atoms with Crippen LogP contribution in [0.5, 0.6) is 0 Å². The molecule has 1 fully saturated rings. The van der Waals surface area contributed by atoms with Gasteiger partial charge in [0.25, 0.3) is 0 Å². The highest BCUT2D eigenvalue weighted by molar-refractivity contribution is 8.00. The van der Waals surface area contributed by atoms with Gasteiger partial charge in [-0.05, 0) is 12.8 Å². The van der Waals surface area contributed by atoms with Crippen LogP contribution in [-0.4, -0.2) is 52.8 Å². The number of hydrogen-bond acceptors (Lipinski definition) is 9. The van der Waals surface area contributed by atoms with Crippen LogP contribution in [0.15, 0.2) is 11.0 Å². The van der Waals surface area contributed by atoms with Crippen molar-refractivity contribution in [2.24, 2.45) is 0 Å². The first kappa shape index (κ1) is 39.8. The lowest BCUT2D eigenvalue weighted by Crippen LogP contribution is -2.31. The Morgan fingerprint density at radius 1 is 0.826 bits per heavy atom. The summed E-state index contributed by atoms with van der Waals surface area (Å²) in [4.78, 5) is 40.3. The fraction of sp³-hybridized carbons (Fsp3) is 0.824. The Hall–Kier alpha value is -2.34. The van der Waals surface area contributed by atoms with Crippen molar-refractivity contribution >= 4 is 29.8 Å². The van der Waals surface area contributed by atoms with Gasteiger partial charge >= 0.3 is 17.9 Å².